The van der Waals surface area contributed by atoms with Gasteiger partial charge < -0.3 is 10.2 Å². The van der Waals surface area contributed by atoms with Crippen LogP contribution in [0.4, 0.5) is 21.9 Å². The van der Waals surface area contributed by atoms with Crippen LogP contribution >= 0.6 is 0 Å². The van der Waals surface area contributed by atoms with Crippen LogP contribution in [0.15, 0.2) is 72.8 Å². The predicted octanol–water partition coefficient (Wildman–Crippen LogP) is 5.55. The van der Waals surface area contributed by atoms with Gasteiger partial charge in [0.2, 0.25) is 0 Å². The van der Waals surface area contributed by atoms with Crippen LogP contribution in [0, 0.1) is 17.0 Å². The van der Waals surface area contributed by atoms with Crippen molar-refractivity contribution in [3.8, 4) is 0 Å². The summed E-state index contributed by atoms with van der Waals surface area (Å²) in [5.74, 6) is -0.437. The lowest BCUT2D eigenvalue weighted by molar-refractivity contribution is -0.385. The van der Waals surface area contributed by atoms with E-state index in [9.17, 15) is 19.7 Å². The molecular weight excluding hydrogens is 432 g/mol. The fourth-order valence-corrected chi connectivity index (χ4v) is 4.13. The fraction of sp³-hybridized carbons (Fsp3) is 0.231. The Morgan fingerprint density at radius 1 is 1.03 bits per heavy atom. The van der Waals surface area contributed by atoms with Gasteiger partial charge in [0.05, 0.1) is 11.0 Å². The van der Waals surface area contributed by atoms with Crippen molar-refractivity contribution in [3.05, 3.63) is 99.6 Å². The molecule has 3 aromatic rings. The molecule has 0 radical (unpaired) electrons. The first-order valence-corrected chi connectivity index (χ1v) is 11.1. The van der Waals surface area contributed by atoms with E-state index in [0.717, 1.165) is 17.7 Å². The molecule has 0 bridgehead atoms. The number of nitro benzene ring substituents is 1. The minimum Gasteiger partial charge on any atom is -0.322 e. The van der Waals surface area contributed by atoms with Crippen LogP contribution in [0.2, 0.25) is 0 Å². The zero-order chi connectivity index (χ0) is 24.2. The minimum atomic E-state index is -0.502. The van der Waals surface area contributed by atoms with E-state index >= 15 is 0 Å². The zero-order valence-corrected chi connectivity index (χ0v) is 19.1. The van der Waals surface area contributed by atoms with Crippen LogP contribution in [0.1, 0.15) is 40.9 Å². The Hall–Kier alpha value is -4.20. The first-order valence-electron chi connectivity index (χ1n) is 11.1. The van der Waals surface area contributed by atoms with E-state index in [1.165, 1.54) is 6.07 Å². The molecule has 3 aromatic carbocycles. The number of amides is 3. The summed E-state index contributed by atoms with van der Waals surface area (Å²) in [7, 11) is 0. The number of urea groups is 1. The van der Waals surface area contributed by atoms with Crippen molar-refractivity contribution in [2.45, 2.75) is 26.3 Å². The van der Waals surface area contributed by atoms with Crippen LogP contribution in [-0.2, 0) is 0 Å². The predicted molar refractivity (Wildman–Crippen MR) is 131 cm³/mol. The molecule has 0 saturated carbocycles. The van der Waals surface area contributed by atoms with Crippen LogP contribution in [0.5, 0.6) is 0 Å². The second-order valence-electron chi connectivity index (χ2n) is 8.33. The van der Waals surface area contributed by atoms with Gasteiger partial charge in [-0.3, -0.25) is 19.8 Å². The highest BCUT2D eigenvalue weighted by molar-refractivity contribution is 6.05. The molecule has 1 heterocycles. The molecule has 0 aromatic heterocycles. The molecule has 4 rings (SSSR count). The van der Waals surface area contributed by atoms with E-state index < -0.39 is 10.8 Å². The standard InChI is InChI=1S/C26H26N4O4/c1-18-9-10-21(17-24(18)30(33)34)25(31)27-22-11-13-23(14-12-22)29-16-6-15-28(26(29)32)19(2)20-7-4-3-5-8-20/h3-5,7-14,17,19H,6,15-16H2,1-2H3,(H,27,31). The number of aryl methyl sites for hydroxylation is 1. The smallest absolute Gasteiger partial charge is 0.322 e. The van der Waals surface area contributed by atoms with Crippen LogP contribution in [0.3, 0.4) is 0 Å². The van der Waals surface area contributed by atoms with E-state index in [-0.39, 0.29) is 23.3 Å². The lowest BCUT2D eigenvalue weighted by Crippen LogP contribution is -2.50. The molecule has 174 valence electrons. The fourth-order valence-electron chi connectivity index (χ4n) is 4.13. The Kier molecular flexibility index (Phi) is 6.58. The number of nitrogens with zero attached hydrogens (tertiary/aromatic N) is 3. The van der Waals surface area contributed by atoms with Crippen molar-refractivity contribution in [3.63, 3.8) is 0 Å². The van der Waals surface area contributed by atoms with Gasteiger partial charge in [-0.05, 0) is 56.2 Å². The number of nitrogens with one attached hydrogen (secondary N) is 1. The van der Waals surface area contributed by atoms with Gasteiger partial charge >= 0.3 is 6.03 Å². The van der Waals surface area contributed by atoms with Crippen LogP contribution in [0.25, 0.3) is 0 Å². The van der Waals surface area contributed by atoms with Crippen molar-refractivity contribution in [1.29, 1.82) is 0 Å². The number of carbonyl (C=O) groups excluding carboxylic acids is 2. The Morgan fingerprint density at radius 2 is 1.74 bits per heavy atom. The first kappa shape index (κ1) is 23.0. The largest absolute Gasteiger partial charge is 0.324 e. The summed E-state index contributed by atoms with van der Waals surface area (Å²) in [5, 5.41) is 13.9. The quantitative estimate of drug-likeness (QED) is 0.387. The van der Waals surface area contributed by atoms with Gasteiger partial charge in [-0.1, -0.05) is 36.4 Å². The van der Waals surface area contributed by atoms with E-state index in [2.05, 4.69) is 5.32 Å². The minimum absolute atomic E-state index is 0.0337. The van der Waals surface area contributed by atoms with Gasteiger partial charge in [0, 0.05) is 41.7 Å². The monoisotopic (exact) mass is 458 g/mol. The third-order valence-corrected chi connectivity index (χ3v) is 6.11. The summed E-state index contributed by atoms with van der Waals surface area (Å²) in [6.07, 6.45) is 0.855. The number of nitro groups is 1. The van der Waals surface area contributed by atoms with Crippen molar-refractivity contribution in [2.24, 2.45) is 0 Å². The number of hydrogen-bond donors (Lipinski definition) is 1. The maximum atomic E-state index is 13.2. The topological polar surface area (TPSA) is 95.8 Å². The molecule has 1 aliphatic heterocycles. The lowest BCUT2D eigenvalue weighted by Gasteiger charge is -2.39. The maximum absolute atomic E-state index is 13.2. The molecule has 0 aliphatic carbocycles. The summed E-state index contributed by atoms with van der Waals surface area (Å²) in [6.45, 7) is 4.98. The Labute approximate surface area is 198 Å². The number of rotatable bonds is 6. The van der Waals surface area contributed by atoms with Gasteiger partial charge in [0.1, 0.15) is 0 Å². The molecule has 1 unspecified atom stereocenters. The Balaban J connectivity index is 1.46. The third-order valence-electron chi connectivity index (χ3n) is 6.11. The molecule has 3 amide bonds. The second kappa shape index (κ2) is 9.74. The molecule has 1 aliphatic rings. The van der Waals surface area contributed by atoms with Gasteiger partial charge in [-0.25, -0.2) is 4.79 Å². The summed E-state index contributed by atoms with van der Waals surface area (Å²) >= 11 is 0. The molecule has 8 heteroatoms. The van der Waals surface area contributed by atoms with E-state index in [1.54, 1.807) is 48.2 Å². The molecular formula is C26H26N4O4. The summed E-state index contributed by atoms with van der Waals surface area (Å²) in [6, 6.07) is 21.3. The molecule has 1 atom stereocenters. The number of carbonyl (C=O) groups is 2. The Morgan fingerprint density at radius 3 is 2.41 bits per heavy atom. The van der Waals surface area contributed by atoms with Crippen molar-refractivity contribution in [1.82, 2.24) is 4.90 Å². The summed E-state index contributed by atoms with van der Waals surface area (Å²) < 4.78 is 0. The number of hydrogen-bond acceptors (Lipinski definition) is 4. The van der Waals surface area contributed by atoms with Crippen molar-refractivity contribution >= 4 is 29.0 Å². The first-order chi connectivity index (χ1) is 16.3. The SMILES string of the molecule is Cc1ccc(C(=O)Nc2ccc(N3CCCN(C(C)c4ccccc4)C3=O)cc2)cc1[N+](=O)[O-]. The van der Waals surface area contributed by atoms with E-state index in [4.69, 9.17) is 0 Å². The highest BCUT2D eigenvalue weighted by Crippen LogP contribution is 2.28. The zero-order valence-electron chi connectivity index (χ0n) is 19.1. The number of anilines is 2. The number of benzene rings is 3. The molecule has 8 nitrogen and oxygen atoms in total. The highest BCUT2D eigenvalue weighted by atomic mass is 16.6. The lowest BCUT2D eigenvalue weighted by atomic mass is 10.1. The average Bonchev–Trinajstić information content (AvgIpc) is 2.85. The maximum Gasteiger partial charge on any atom is 0.324 e. The van der Waals surface area contributed by atoms with Gasteiger partial charge in [0.15, 0.2) is 0 Å². The van der Waals surface area contributed by atoms with Crippen LogP contribution in [-0.4, -0.2) is 34.9 Å². The molecule has 1 saturated heterocycles. The average molecular weight is 459 g/mol. The van der Waals surface area contributed by atoms with Gasteiger partial charge in [-0.2, -0.15) is 0 Å². The molecule has 1 fully saturated rings. The van der Waals surface area contributed by atoms with Crippen molar-refractivity contribution in [2.75, 3.05) is 23.3 Å². The third kappa shape index (κ3) is 4.76. The molecule has 0 spiro atoms. The van der Waals surface area contributed by atoms with Gasteiger partial charge in [0.25, 0.3) is 11.6 Å². The van der Waals surface area contributed by atoms with Gasteiger partial charge in [-0.15, -0.1) is 0 Å². The summed E-state index contributed by atoms with van der Waals surface area (Å²) in [5.41, 5.74) is 2.98. The van der Waals surface area contributed by atoms with Crippen molar-refractivity contribution < 1.29 is 14.5 Å². The Bertz CT molecular complexity index is 1210. The summed E-state index contributed by atoms with van der Waals surface area (Å²) in [4.78, 5) is 40.1. The van der Waals surface area contributed by atoms with Crippen LogP contribution < -0.4 is 10.2 Å². The normalized spacial score (nSPS) is 14.6. The molecule has 34 heavy (non-hydrogen) atoms. The second-order valence-corrected chi connectivity index (χ2v) is 8.33. The molecule has 1 N–H and O–H groups in total. The van der Waals surface area contributed by atoms with E-state index in [0.29, 0.717) is 24.3 Å². The van der Waals surface area contributed by atoms with E-state index in [1.807, 2.05) is 42.2 Å². The highest BCUT2D eigenvalue weighted by Gasteiger charge is 2.30.